The number of nitrogens with zero attached hydrogens (tertiary/aromatic N) is 2. The fraction of sp³-hybridized carbons (Fsp3) is 0.486. The van der Waals surface area contributed by atoms with Gasteiger partial charge in [0.1, 0.15) is 29.8 Å². The maximum Gasteiger partial charge on any atom is 0.408 e. The smallest absolute Gasteiger partial charge is 0.408 e. The number of amides is 3. The number of alkyl carbamates (subject to hydrolysis) is 1. The van der Waals surface area contributed by atoms with Crippen LogP contribution in [0, 0.1) is 5.92 Å². The molecule has 3 fully saturated rings. The van der Waals surface area contributed by atoms with E-state index >= 15 is 0 Å². The summed E-state index contributed by atoms with van der Waals surface area (Å²) in [6.45, 7) is 0.0531. The van der Waals surface area contributed by atoms with Crippen LogP contribution >= 0.6 is 0 Å². The summed E-state index contributed by atoms with van der Waals surface area (Å²) >= 11 is 0. The van der Waals surface area contributed by atoms with Gasteiger partial charge in [0.2, 0.25) is 11.8 Å². The molecule has 3 amide bonds. The first-order valence-electron chi connectivity index (χ1n) is 17.2. The monoisotopic (exact) mass is 656 g/mol. The average Bonchev–Trinajstić information content (AvgIpc) is 3.37. The minimum Gasteiger partial charge on any atom is -0.479 e. The quantitative estimate of drug-likeness (QED) is 0.211. The van der Waals surface area contributed by atoms with Crippen molar-refractivity contribution >= 4 is 30.1 Å². The van der Waals surface area contributed by atoms with E-state index in [0.29, 0.717) is 12.8 Å². The lowest BCUT2D eigenvalue weighted by atomic mass is 10.0. The summed E-state index contributed by atoms with van der Waals surface area (Å²) in [5.74, 6) is -2.41. The summed E-state index contributed by atoms with van der Waals surface area (Å²) in [6.07, 6.45) is 11.5. The molecule has 48 heavy (non-hydrogen) atoms. The van der Waals surface area contributed by atoms with Gasteiger partial charge in [-0.1, -0.05) is 78.7 Å². The number of nitrogens with one attached hydrogen (secondary N) is 2. The minimum absolute atomic E-state index is 0.0531. The van der Waals surface area contributed by atoms with Gasteiger partial charge in [-0.2, -0.15) is 0 Å². The second-order valence-electron chi connectivity index (χ2n) is 13.3. The van der Waals surface area contributed by atoms with Gasteiger partial charge in [0.05, 0.1) is 12.8 Å². The number of hydrogen-bond donors (Lipinski definition) is 3. The van der Waals surface area contributed by atoms with Crippen molar-refractivity contribution in [2.75, 3.05) is 6.54 Å². The van der Waals surface area contributed by atoms with E-state index in [1.165, 1.54) is 4.90 Å². The summed E-state index contributed by atoms with van der Waals surface area (Å²) in [5.41, 5.74) is 1.51. The molecule has 2 aromatic rings. The van der Waals surface area contributed by atoms with Gasteiger partial charge < -0.3 is 30.2 Å². The van der Waals surface area contributed by atoms with Crippen LogP contribution in [-0.4, -0.2) is 76.5 Å². The van der Waals surface area contributed by atoms with E-state index in [1.54, 1.807) is 6.21 Å². The van der Waals surface area contributed by atoms with Gasteiger partial charge >= 0.3 is 12.1 Å². The third kappa shape index (κ3) is 7.89. The highest BCUT2D eigenvalue weighted by Gasteiger charge is 2.61. The molecule has 2 aliphatic heterocycles. The first-order valence-corrected chi connectivity index (χ1v) is 17.2. The van der Waals surface area contributed by atoms with Crippen LogP contribution < -0.4 is 10.6 Å². The molecule has 0 radical (unpaired) electrons. The number of aliphatic carboxylic acids is 1. The fourth-order valence-electron chi connectivity index (χ4n) is 7.08. The van der Waals surface area contributed by atoms with Crippen molar-refractivity contribution in [3.05, 3.63) is 72.3 Å². The number of hydrogen-bond acceptors (Lipinski definition) is 7. The van der Waals surface area contributed by atoms with E-state index in [1.807, 2.05) is 66.7 Å². The highest BCUT2D eigenvalue weighted by molar-refractivity contribution is 5.96. The number of carboxylic acid groups (broad SMARTS) is 1. The molecule has 1 saturated heterocycles. The summed E-state index contributed by atoms with van der Waals surface area (Å²) in [5, 5.41) is 19.9. The zero-order valence-corrected chi connectivity index (χ0v) is 27.1. The number of carbonyl (C=O) groups is 4. The van der Waals surface area contributed by atoms with E-state index in [9.17, 15) is 24.3 Å². The van der Waals surface area contributed by atoms with E-state index < -0.39 is 47.6 Å². The van der Waals surface area contributed by atoms with Gasteiger partial charge in [-0.25, -0.2) is 9.59 Å². The van der Waals surface area contributed by atoms with Crippen LogP contribution in [0.25, 0.3) is 11.1 Å². The second kappa shape index (κ2) is 15.0. The molecule has 3 N–H and O–H groups in total. The van der Waals surface area contributed by atoms with Crippen LogP contribution in [0.5, 0.6) is 0 Å². The van der Waals surface area contributed by atoms with Gasteiger partial charge in [-0.05, 0) is 74.1 Å². The minimum atomic E-state index is -1.41. The van der Waals surface area contributed by atoms with E-state index in [-0.39, 0.29) is 31.4 Å². The van der Waals surface area contributed by atoms with Crippen molar-refractivity contribution in [3.8, 4) is 11.1 Å². The van der Waals surface area contributed by atoms with Crippen LogP contribution in [-0.2, 0) is 24.0 Å². The number of fused-ring (bicyclic) bond motifs is 2. The molecular weight excluding hydrogens is 612 g/mol. The Morgan fingerprint density at radius 1 is 0.958 bits per heavy atom. The normalized spacial score (nSPS) is 28.8. The second-order valence-corrected chi connectivity index (χ2v) is 13.3. The first-order chi connectivity index (χ1) is 23.3. The van der Waals surface area contributed by atoms with Crippen LogP contribution in [0.3, 0.4) is 0 Å². The Morgan fingerprint density at radius 2 is 1.73 bits per heavy atom. The highest BCUT2D eigenvalue weighted by Crippen LogP contribution is 2.45. The summed E-state index contributed by atoms with van der Waals surface area (Å²) < 4.78 is 5.61. The third-order valence-electron chi connectivity index (χ3n) is 9.89. The van der Waals surface area contributed by atoms with Crippen LogP contribution in [0.1, 0.15) is 76.2 Å². The first kappa shape index (κ1) is 33.2. The largest absolute Gasteiger partial charge is 0.479 e. The maximum atomic E-state index is 14.2. The number of rotatable bonds is 7. The Bertz CT molecular complexity index is 1540. The number of oxime groups is 1. The zero-order valence-electron chi connectivity index (χ0n) is 27.1. The van der Waals surface area contributed by atoms with E-state index in [4.69, 9.17) is 9.57 Å². The molecule has 2 aromatic carbocycles. The highest BCUT2D eigenvalue weighted by atomic mass is 16.6. The summed E-state index contributed by atoms with van der Waals surface area (Å²) in [4.78, 5) is 60.5. The molecular formula is C37H44N4O7. The molecule has 0 spiro atoms. The Labute approximate surface area is 280 Å². The van der Waals surface area contributed by atoms with Gasteiger partial charge in [-0.3, -0.25) is 9.59 Å². The van der Waals surface area contributed by atoms with Gasteiger partial charge in [0.25, 0.3) is 0 Å². The van der Waals surface area contributed by atoms with Crippen LogP contribution in [0.2, 0.25) is 0 Å². The average molecular weight is 657 g/mol. The molecule has 5 atom stereocenters. The van der Waals surface area contributed by atoms with Gasteiger partial charge in [-0.15, -0.1) is 0 Å². The lowest BCUT2D eigenvalue weighted by Gasteiger charge is -2.29. The van der Waals surface area contributed by atoms with Gasteiger partial charge in [0.15, 0.2) is 0 Å². The molecule has 0 aromatic heterocycles. The van der Waals surface area contributed by atoms with Crippen LogP contribution in [0.15, 0.2) is 71.9 Å². The van der Waals surface area contributed by atoms with Crippen molar-refractivity contribution in [2.24, 2.45) is 11.1 Å². The number of carbonyl (C=O) groups excluding carboxylic acids is 3. The molecule has 2 aliphatic carbocycles. The molecule has 254 valence electrons. The van der Waals surface area contributed by atoms with Crippen molar-refractivity contribution in [1.29, 1.82) is 0 Å². The molecule has 6 rings (SSSR count). The number of carboxylic acids is 1. The fourth-order valence-corrected chi connectivity index (χ4v) is 7.08. The molecule has 0 unspecified atom stereocenters. The van der Waals surface area contributed by atoms with Crippen molar-refractivity contribution in [1.82, 2.24) is 15.5 Å². The van der Waals surface area contributed by atoms with E-state index in [2.05, 4.69) is 15.8 Å². The summed E-state index contributed by atoms with van der Waals surface area (Å²) in [6, 6.07) is 15.9. The Hall–Kier alpha value is -4.67. The number of ether oxygens (including phenoxy) is 1. The Kier molecular flexibility index (Phi) is 10.4. The molecule has 4 aliphatic rings. The van der Waals surface area contributed by atoms with Gasteiger partial charge in [0, 0.05) is 12.3 Å². The number of allylic oxidation sites excluding steroid dienone is 1. The molecule has 11 nitrogen and oxygen atoms in total. The predicted octanol–water partition coefficient (Wildman–Crippen LogP) is 5.19. The molecule has 0 bridgehead atoms. The Balaban J connectivity index is 1.20. The standard InChI is InChI=1S/C37H44N4O7/c42-33-32-21-30(48-38-23-25-12-11-15-27(20-25)26-13-5-4-6-14-26)24-41(32)34(43)31(39-36(46)47-29-17-9-10-18-29)19-8-3-1-2-7-16-28-22-37(28,40-33)35(44)45/h4-7,11-16,20,23,28-32H,1-3,8-10,17-19,21-22,24H2,(H,39,46)(H,40,42)(H,44,45)/b16-7-,38-23+/t28-,30-,31+,32+,37+/m1/s1. The van der Waals surface area contributed by atoms with Crippen molar-refractivity contribution in [2.45, 2.75) is 100 Å². The zero-order chi connectivity index (χ0) is 33.5. The third-order valence-corrected chi connectivity index (χ3v) is 9.89. The number of benzene rings is 2. The molecule has 2 saturated carbocycles. The molecule has 2 heterocycles. The predicted molar refractivity (Wildman–Crippen MR) is 179 cm³/mol. The van der Waals surface area contributed by atoms with E-state index in [0.717, 1.165) is 61.6 Å². The van der Waals surface area contributed by atoms with Crippen molar-refractivity contribution < 1.29 is 33.9 Å². The lowest BCUT2D eigenvalue weighted by molar-refractivity contribution is -0.145. The SMILES string of the molecule is O=C(N[C@H]1CCCCC/C=C\[C@@H]2C[C@]2(C(=O)O)NC(=O)[C@@H]2C[C@@H](O/N=C/c3cccc(-c4ccccc4)c3)CN2C1=O)OC1CCCC1. The summed E-state index contributed by atoms with van der Waals surface area (Å²) in [7, 11) is 0. The Morgan fingerprint density at radius 3 is 2.52 bits per heavy atom. The van der Waals surface area contributed by atoms with Crippen LogP contribution in [0.4, 0.5) is 4.79 Å². The topological polar surface area (TPSA) is 147 Å². The van der Waals surface area contributed by atoms with Crippen molar-refractivity contribution in [3.63, 3.8) is 0 Å². The lowest BCUT2D eigenvalue weighted by Crippen LogP contribution is -2.56. The molecule has 11 heteroatoms. The maximum absolute atomic E-state index is 14.2.